The summed E-state index contributed by atoms with van der Waals surface area (Å²) in [7, 11) is 0. The predicted molar refractivity (Wildman–Crippen MR) is 68.4 cm³/mol. The van der Waals surface area contributed by atoms with Gasteiger partial charge in [0.1, 0.15) is 4.88 Å². The van der Waals surface area contributed by atoms with Crippen LogP contribution in [0.15, 0.2) is 15.9 Å². The predicted octanol–water partition coefficient (Wildman–Crippen LogP) is 2.78. The SMILES string of the molecule is N#CCCN(CCC#N)C(=O)c1sccc1Br. The molecule has 1 aromatic rings. The second kappa shape index (κ2) is 7.05. The van der Waals surface area contributed by atoms with E-state index in [1.165, 1.54) is 11.3 Å². The molecule has 1 aromatic heterocycles. The number of rotatable bonds is 5. The lowest BCUT2D eigenvalue weighted by molar-refractivity contribution is 0.0766. The van der Waals surface area contributed by atoms with Gasteiger partial charge in [-0.15, -0.1) is 11.3 Å². The minimum absolute atomic E-state index is 0.127. The maximum absolute atomic E-state index is 12.1. The quantitative estimate of drug-likeness (QED) is 0.839. The lowest BCUT2D eigenvalue weighted by atomic mass is 10.3. The summed E-state index contributed by atoms with van der Waals surface area (Å²) in [6.07, 6.45) is 0.556. The molecule has 0 radical (unpaired) electrons. The number of hydrogen-bond acceptors (Lipinski definition) is 4. The molecule has 0 saturated heterocycles. The number of hydrogen-bond donors (Lipinski definition) is 0. The van der Waals surface area contributed by atoms with Gasteiger partial charge in [-0.1, -0.05) is 0 Å². The molecule has 0 atom stereocenters. The molecule has 1 heterocycles. The first-order valence-electron chi connectivity index (χ1n) is 4.97. The van der Waals surface area contributed by atoms with Gasteiger partial charge in [-0.05, 0) is 27.4 Å². The lowest BCUT2D eigenvalue weighted by Gasteiger charge is -2.19. The lowest BCUT2D eigenvalue weighted by Crippen LogP contribution is -2.32. The Hall–Kier alpha value is -1.37. The molecule has 0 aromatic carbocycles. The van der Waals surface area contributed by atoms with E-state index in [0.717, 1.165) is 4.47 Å². The van der Waals surface area contributed by atoms with Crippen molar-refractivity contribution in [3.05, 3.63) is 20.8 Å². The molecule has 17 heavy (non-hydrogen) atoms. The van der Waals surface area contributed by atoms with E-state index in [0.29, 0.717) is 18.0 Å². The van der Waals surface area contributed by atoms with Gasteiger partial charge in [0.05, 0.1) is 25.0 Å². The Balaban J connectivity index is 2.76. The number of carbonyl (C=O) groups is 1. The highest BCUT2D eigenvalue weighted by molar-refractivity contribution is 9.10. The van der Waals surface area contributed by atoms with E-state index in [1.54, 1.807) is 4.90 Å². The van der Waals surface area contributed by atoms with Crippen LogP contribution in [-0.4, -0.2) is 23.9 Å². The van der Waals surface area contributed by atoms with Crippen LogP contribution in [0.5, 0.6) is 0 Å². The zero-order chi connectivity index (χ0) is 12.7. The van der Waals surface area contributed by atoms with Gasteiger partial charge in [-0.2, -0.15) is 10.5 Å². The maximum atomic E-state index is 12.1. The molecular weight excluding hydrogens is 302 g/mol. The van der Waals surface area contributed by atoms with E-state index in [2.05, 4.69) is 15.9 Å². The molecule has 0 saturated carbocycles. The molecule has 0 aliphatic heterocycles. The molecule has 6 heteroatoms. The molecule has 1 amide bonds. The van der Waals surface area contributed by atoms with Crippen molar-refractivity contribution >= 4 is 33.2 Å². The van der Waals surface area contributed by atoms with Gasteiger partial charge >= 0.3 is 0 Å². The number of nitrogens with zero attached hydrogens (tertiary/aromatic N) is 3. The first-order valence-corrected chi connectivity index (χ1v) is 6.64. The topological polar surface area (TPSA) is 67.9 Å². The summed E-state index contributed by atoms with van der Waals surface area (Å²) in [6.45, 7) is 0.725. The molecule has 4 nitrogen and oxygen atoms in total. The van der Waals surface area contributed by atoms with Crippen LogP contribution in [-0.2, 0) is 0 Å². The Morgan fingerprint density at radius 1 is 1.35 bits per heavy atom. The van der Waals surface area contributed by atoms with Crippen LogP contribution < -0.4 is 0 Å². The van der Waals surface area contributed by atoms with Gasteiger partial charge in [0.2, 0.25) is 0 Å². The summed E-state index contributed by atoms with van der Waals surface area (Å²) < 4.78 is 0.756. The third-order valence-electron chi connectivity index (χ3n) is 2.09. The highest BCUT2D eigenvalue weighted by atomic mass is 79.9. The third-order valence-corrected chi connectivity index (χ3v) is 3.91. The Bertz CT molecular complexity index is 454. The number of nitriles is 2. The van der Waals surface area contributed by atoms with E-state index in [9.17, 15) is 4.79 Å². The maximum Gasteiger partial charge on any atom is 0.265 e. The minimum Gasteiger partial charge on any atom is -0.336 e. The normalized spacial score (nSPS) is 9.35. The van der Waals surface area contributed by atoms with Gasteiger partial charge in [0.25, 0.3) is 5.91 Å². The summed E-state index contributed by atoms with van der Waals surface area (Å²) in [5.41, 5.74) is 0. The monoisotopic (exact) mass is 311 g/mol. The van der Waals surface area contributed by atoms with Crippen molar-refractivity contribution in [1.29, 1.82) is 10.5 Å². The standard InChI is InChI=1S/C11H10BrN3OS/c12-9-3-8-17-10(9)11(16)15(6-1-4-13)7-2-5-14/h3,8H,1-2,6-7H2. The zero-order valence-corrected chi connectivity index (χ0v) is 11.4. The van der Waals surface area contributed by atoms with Crippen LogP contribution in [0.4, 0.5) is 0 Å². The van der Waals surface area contributed by atoms with Crippen LogP contribution in [0.3, 0.4) is 0 Å². The van der Waals surface area contributed by atoms with Crippen molar-refractivity contribution in [3.63, 3.8) is 0 Å². The fraction of sp³-hybridized carbons (Fsp3) is 0.364. The second-order valence-electron chi connectivity index (χ2n) is 3.21. The van der Waals surface area contributed by atoms with Crippen molar-refractivity contribution < 1.29 is 4.79 Å². The molecule has 88 valence electrons. The van der Waals surface area contributed by atoms with Crippen LogP contribution in [0, 0.1) is 22.7 Å². The Morgan fingerprint density at radius 3 is 2.35 bits per heavy atom. The van der Waals surface area contributed by atoms with E-state index < -0.39 is 0 Å². The molecule has 0 aliphatic rings. The van der Waals surface area contributed by atoms with Crippen molar-refractivity contribution in [2.24, 2.45) is 0 Å². The summed E-state index contributed by atoms with van der Waals surface area (Å²) in [5, 5.41) is 18.9. The van der Waals surface area contributed by atoms with Gasteiger partial charge in [-0.3, -0.25) is 4.79 Å². The van der Waals surface area contributed by atoms with Gasteiger partial charge < -0.3 is 4.90 Å². The largest absolute Gasteiger partial charge is 0.336 e. The molecule has 1 rings (SSSR count). The number of amides is 1. The Kier molecular flexibility index (Phi) is 5.68. The molecule has 0 fully saturated rings. The molecular formula is C11H10BrN3OS. The Morgan fingerprint density at radius 2 is 1.94 bits per heavy atom. The molecule has 0 spiro atoms. The molecule has 0 N–H and O–H groups in total. The van der Waals surface area contributed by atoms with Crippen LogP contribution in [0.2, 0.25) is 0 Å². The first-order chi connectivity index (χ1) is 8.20. The average molecular weight is 312 g/mol. The van der Waals surface area contributed by atoms with Crippen molar-refractivity contribution in [2.45, 2.75) is 12.8 Å². The van der Waals surface area contributed by atoms with E-state index >= 15 is 0 Å². The summed E-state index contributed by atoms with van der Waals surface area (Å²) in [5.74, 6) is -0.127. The van der Waals surface area contributed by atoms with E-state index in [-0.39, 0.29) is 18.7 Å². The van der Waals surface area contributed by atoms with Gasteiger partial charge in [-0.25, -0.2) is 0 Å². The Labute approximate surface area is 112 Å². The summed E-state index contributed by atoms with van der Waals surface area (Å²) in [4.78, 5) is 14.3. The van der Waals surface area contributed by atoms with Crippen molar-refractivity contribution in [2.75, 3.05) is 13.1 Å². The minimum atomic E-state index is -0.127. The highest BCUT2D eigenvalue weighted by Gasteiger charge is 2.18. The summed E-state index contributed by atoms with van der Waals surface area (Å²) >= 11 is 4.65. The third kappa shape index (κ3) is 3.85. The molecule has 0 bridgehead atoms. The van der Waals surface area contributed by atoms with Crippen molar-refractivity contribution in [3.8, 4) is 12.1 Å². The zero-order valence-electron chi connectivity index (χ0n) is 9.02. The van der Waals surface area contributed by atoms with E-state index in [4.69, 9.17) is 10.5 Å². The fourth-order valence-corrected chi connectivity index (χ4v) is 2.78. The van der Waals surface area contributed by atoms with Crippen molar-refractivity contribution in [1.82, 2.24) is 4.90 Å². The van der Waals surface area contributed by atoms with Crippen LogP contribution in [0.25, 0.3) is 0 Å². The van der Waals surface area contributed by atoms with Crippen LogP contribution in [0.1, 0.15) is 22.5 Å². The van der Waals surface area contributed by atoms with Gasteiger partial charge in [0.15, 0.2) is 0 Å². The molecule has 0 aliphatic carbocycles. The average Bonchev–Trinajstić information content (AvgIpc) is 2.75. The number of thiophene rings is 1. The molecule has 0 unspecified atom stereocenters. The number of carbonyl (C=O) groups excluding carboxylic acids is 1. The second-order valence-corrected chi connectivity index (χ2v) is 4.98. The van der Waals surface area contributed by atoms with E-state index in [1.807, 2.05) is 23.6 Å². The van der Waals surface area contributed by atoms with Gasteiger partial charge in [0, 0.05) is 17.6 Å². The smallest absolute Gasteiger partial charge is 0.265 e. The highest BCUT2D eigenvalue weighted by Crippen LogP contribution is 2.24. The first kappa shape index (κ1) is 13.7. The van der Waals surface area contributed by atoms with Crippen LogP contribution >= 0.6 is 27.3 Å². The fourth-order valence-electron chi connectivity index (χ4n) is 1.27. The number of halogens is 1. The summed E-state index contributed by atoms with van der Waals surface area (Å²) in [6, 6.07) is 5.82.